The number of nitrogens with zero attached hydrogens (tertiary/aromatic N) is 2. The maximum Gasteiger partial charge on any atom is 0.298 e. The van der Waals surface area contributed by atoms with Crippen LogP contribution in [0.3, 0.4) is 0 Å². The van der Waals surface area contributed by atoms with Crippen molar-refractivity contribution in [2.45, 2.75) is 20.4 Å². The van der Waals surface area contributed by atoms with Crippen LogP contribution < -0.4 is 4.90 Å². The van der Waals surface area contributed by atoms with E-state index >= 15 is 0 Å². The molecule has 0 aliphatic carbocycles. The summed E-state index contributed by atoms with van der Waals surface area (Å²) in [6, 6.07) is 14.1. The molecule has 0 atom stereocenters. The van der Waals surface area contributed by atoms with Crippen LogP contribution in [-0.2, 0) is 20.8 Å². The minimum absolute atomic E-state index is 0.212. The summed E-state index contributed by atoms with van der Waals surface area (Å²) in [7, 11) is 0. The van der Waals surface area contributed by atoms with E-state index in [1.165, 1.54) is 28.7 Å². The fourth-order valence-corrected chi connectivity index (χ4v) is 3.93. The zero-order valence-corrected chi connectivity index (χ0v) is 16.1. The van der Waals surface area contributed by atoms with Gasteiger partial charge in [-0.2, -0.15) is 0 Å². The van der Waals surface area contributed by atoms with Crippen molar-refractivity contribution in [3.63, 3.8) is 0 Å². The van der Waals surface area contributed by atoms with Gasteiger partial charge in [-0.1, -0.05) is 41.7 Å². The summed E-state index contributed by atoms with van der Waals surface area (Å²) >= 11 is 1.51. The maximum absolute atomic E-state index is 13.1. The molecule has 0 bridgehead atoms. The predicted octanol–water partition coefficient (Wildman–Crippen LogP) is 4.33. The van der Waals surface area contributed by atoms with Crippen molar-refractivity contribution in [2.75, 3.05) is 18.1 Å². The van der Waals surface area contributed by atoms with Gasteiger partial charge in [-0.3, -0.25) is 9.69 Å². The molecule has 2 heterocycles. The second-order valence-electron chi connectivity index (χ2n) is 6.48. The lowest BCUT2D eigenvalue weighted by Crippen LogP contribution is -2.33. The number of rotatable bonds is 4. The first-order valence-electron chi connectivity index (χ1n) is 8.80. The van der Waals surface area contributed by atoms with Crippen LogP contribution >= 0.6 is 11.3 Å². The summed E-state index contributed by atoms with van der Waals surface area (Å²) in [5.41, 5.74) is 4.32. The summed E-state index contributed by atoms with van der Waals surface area (Å²) in [6.45, 7) is 5.39. The quantitative estimate of drug-likeness (QED) is 0.676. The average molecular weight is 380 g/mol. The van der Waals surface area contributed by atoms with Crippen molar-refractivity contribution in [3.05, 3.63) is 71.2 Å². The molecule has 27 heavy (non-hydrogen) atoms. The van der Waals surface area contributed by atoms with Gasteiger partial charge in [-0.15, -0.1) is 0 Å². The van der Waals surface area contributed by atoms with E-state index in [9.17, 15) is 4.79 Å². The van der Waals surface area contributed by atoms with Crippen molar-refractivity contribution < 1.29 is 14.3 Å². The standard InChI is InChI=1S/C21H20N2O3S/c1-14-10-17-19(11-15(14)2)27-21(22-17)23(12-16-6-4-3-5-7-16)20(24)18-13-25-8-9-26-18/h3-7,10-11,13H,8-9,12H2,1-2H3. The Morgan fingerprint density at radius 2 is 1.93 bits per heavy atom. The molecule has 0 unspecified atom stereocenters. The molecule has 1 aromatic heterocycles. The van der Waals surface area contributed by atoms with E-state index in [2.05, 4.69) is 26.0 Å². The molecule has 0 saturated carbocycles. The van der Waals surface area contributed by atoms with Crippen molar-refractivity contribution in [2.24, 2.45) is 0 Å². The van der Waals surface area contributed by atoms with Gasteiger partial charge in [0.25, 0.3) is 5.91 Å². The van der Waals surface area contributed by atoms with Gasteiger partial charge in [0.1, 0.15) is 19.5 Å². The molecule has 0 fully saturated rings. The molecule has 4 rings (SSSR count). The van der Waals surface area contributed by atoms with E-state index < -0.39 is 0 Å². The van der Waals surface area contributed by atoms with Gasteiger partial charge in [0.15, 0.2) is 5.13 Å². The third kappa shape index (κ3) is 3.66. The highest BCUT2D eigenvalue weighted by atomic mass is 32.1. The van der Waals surface area contributed by atoms with Gasteiger partial charge in [0.2, 0.25) is 5.76 Å². The first kappa shape index (κ1) is 17.5. The molecule has 3 aromatic rings. The van der Waals surface area contributed by atoms with Gasteiger partial charge >= 0.3 is 0 Å². The zero-order valence-electron chi connectivity index (χ0n) is 15.3. The Kier molecular flexibility index (Phi) is 4.81. The maximum atomic E-state index is 13.1. The van der Waals surface area contributed by atoms with Gasteiger partial charge in [-0.25, -0.2) is 4.98 Å². The van der Waals surface area contributed by atoms with E-state index in [-0.39, 0.29) is 11.7 Å². The highest BCUT2D eigenvalue weighted by Gasteiger charge is 2.26. The molecule has 1 aliphatic rings. The summed E-state index contributed by atoms with van der Waals surface area (Å²) in [4.78, 5) is 19.5. The topological polar surface area (TPSA) is 51.7 Å². The smallest absolute Gasteiger partial charge is 0.298 e. The minimum Gasteiger partial charge on any atom is -0.494 e. The lowest BCUT2D eigenvalue weighted by atomic mass is 10.1. The van der Waals surface area contributed by atoms with Crippen molar-refractivity contribution >= 4 is 32.6 Å². The van der Waals surface area contributed by atoms with Crippen molar-refractivity contribution in [1.29, 1.82) is 0 Å². The highest BCUT2D eigenvalue weighted by Crippen LogP contribution is 2.32. The Bertz CT molecular complexity index is 972. The lowest BCUT2D eigenvalue weighted by molar-refractivity contribution is -0.119. The number of carbonyl (C=O) groups is 1. The van der Waals surface area contributed by atoms with Crippen molar-refractivity contribution in [1.82, 2.24) is 4.98 Å². The number of amides is 1. The molecular weight excluding hydrogens is 360 g/mol. The van der Waals surface area contributed by atoms with Gasteiger partial charge in [0, 0.05) is 0 Å². The second kappa shape index (κ2) is 7.40. The molecule has 1 aliphatic heterocycles. The molecule has 0 saturated heterocycles. The Labute approximate surface area is 161 Å². The molecule has 0 spiro atoms. The Hall–Kier alpha value is -2.86. The molecule has 0 radical (unpaired) electrons. The number of hydrogen-bond donors (Lipinski definition) is 0. The first-order valence-corrected chi connectivity index (χ1v) is 9.61. The van der Waals surface area contributed by atoms with Crippen LogP contribution in [0.1, 0.15) is 16.7 Å². The number of thiazole rings is 1. The van der Waals surface area contributed by atoms with E-state index in [0.29, 0.717) is 24.9 Å². The number of hydrogen-bond acceptors (Lipinski definition) is 5. The largest absolute Gasteiger partial charge is 0.494 e. The van der Waals surface area contributed by atoms with Crippen LogP contribution in [0.25, 0.3) is 10.2 Å². The number of fused-ring (bicyclic) bond motifs is 1. The highest BCUT2D eigenvalue weighted by molar-refractivity contribution is 7.22. The van der Waals surface area contributed by atoms with Gasteiger partial charge in [0.05, 0.1) is 16.8 Å². The third-order valence-corrected chi connectivity index (χ3v) is 5.55. The number of ether oxygens (including phenoxy) is 2. The molecule has 138 valence electrons. The Morgan fingerprint density at radius 1 is 1.15 bits per heavy atom. The number of carbonyl (C=O) groups excluding carboxylic acids is 1. The third-order valence-electron chi connectivity index (χ3n) is 4.51. The fourth-order valence-electron chi connectivity index (χ4n) is 2.89. The van der Waals surface area contributed by atoms with Crippen LogP contribution in [0.2, 0.25) is 0 Å². The van der Waals surface area contributed by atoms with Crippen LogP contribution in [0.5, 0.6) is 0 Å². The Morgan fingerprint density at radius 3 is 2.67 bits per heavy atom. The van der Waals surface area contributed by atoms with Crippen LogP contribution in [0.15, 0.2) is 54.5 Å². The lowest BCUT2D eigenvalue weighted by Gasteiger charge is -2.23. The number of aromatic nitrogens is 1. The van der Waals surface area contributed by atoms with Crippen LogP contribution in [-0.4, -0.2) is 24.1 Å². The van der Waals surface area contributed by atoms with Crippen LogP contribution in [0.4, 0.5) is 5.13 Å². The molecule has 0 N–H and O–H groups in total. The SMILES string of the molecule is Cc1cc2nc(N(Cc3ccccc3)C(=O)C3=COCCO3)sc2cc1C. The minimum atomic E-state index is -0.244. The van der Waals surface area contributed by atoms with Gasteiger partial charge in [-0.05, 0) is 42.7 Å². The number of benzene rings is 2. The van der Waals surface area contributed by atoms with Crippen LogP contribution in [0, 0.1) is 13.8 Å². The predicted molar refractivity (Wildman–Crippen MR) is 107 cm³/mol. The number of aryl methyl sites for hydroxylation is 2. The Balaban J connectivity index is 1.74. The van der Waals surface area contributed by atoms with Gasteiger partial charge < -0.3 is 9.47 Å². The molecule has 5 nitrogen and oxygen atoms in total. The second-order valence-corrected chi connectivity index (χ2v) is 7.49. The molecular formula is C21H20N2O3S. The molecule has 2 aromatic carbocycles. The monoisotopic (exact) mass is 380 g/mol. The summed E-state index contributed by atoms with van der Waals surface area (Å²) < 4.78 is 11.9. The van der Waals surface area contributed by atoms with E-state index in [1.807, 2.05) is 30.3 Å². The summed E-state index contributed by atoms with van der Waals surface area (Å²) in [6.07, 6.45) is 1.39. The van der Waals surface area contributed by atoms with Crippen molar-refractivity contribution in [3.8, 4) is 0 Å². The molecule has 6 heteroatoms. The zero-order chi connectivity index (χ0) is 18.8. The fraction of sp³-hybridized carbons (Fsp3) is 0.238. The summed E-state index contributed by atoms with van der Waals surface area (Å²) in [5, 5.41) is 0.652. The van der Waals surface area contributed by atoms with E-state index in [0.717, 1.165) is 15.8 Å². The molecule has 1 amide bonds. The number of anilines is 1. The average Bonchev–Trinajstić information content (AvgIpc) is 3.10. The normalized spacial score (nSPS) is 13.6. The van der Waals surface area contributed by atoms with E-state index in [4.69, 9.17) is 14.5 Å². The summed E-state index contributed by atoms with van der Waals surface area (Å²) in [5.74, 6) is -0.0325. The first-order chi connectivity index (χ1) is 13.1. The van der Waals surface area contributed by atoms with E-state index in [1.54, 1.807) is 4.90 Å².